The van der Waals surface area contributed by atoms with Crippen molar-refractivity contribution < 1.29 is 9.59 Å². The predicted molar refractivity (Wildman–Crippen MR) is 75.5 cm³/mol. The molecule has 0 saturated carbocycles. The zero-order chi connectivity index (χ0) is 14.4. The van der Waals surface area contributed by atoms with Crippen LogP contribution in [-0.2, 0) is 9.59 Å². The minimum absolute atomic E-state index is 0.0456. The maximum Gasteiger partial charge on any atom is 0.239 e. The Bertz CT molecular complexity index is 310. The van der Waals surface area contributed by atoms with E-state index in [0.29, 0.717) is 13.1 Å². The number of hydrogen-bond acceptors (Lipinski definition) is 3. The molecule has 110 valence electrons. The molecule has 1 heterocycles. The minimum Gasteiger partial charge on any atom is -0.349 e. The fraction of sp³-hybridized carbons (Fsp3) is 0.857. The van der Waals surface area contributed by atoms with Crippen molar-refractivity contribution in [3.05, 3.63) is 0 Å². The van der Waals surface area contributed by atoms with Crippen LogP contribution in [0.1, 0.15) is 39.0 Å². The molecule has 1 aliphatic rings. The summed E-state index contributed by atoms with van der Waals surface area (Å²) in [7, 11) is 3.56. The highest BCUT2D eigenvalue weighted by molar-refractivity contribution is 5.82. The number of likely N-dealkylation sites (tertiary alicyclic amines) is 1. The van der Waals surface area contributed by atoms with Gasteiger partial charge in [0.1, 0.15) is 0 Å². The SMILES string of the molecule is CCCC[C@H](N)C(=O)N1CCC(C(=O)N(C)C)CC1. The van der Waals surface area contributed by atoms with Crippen LogP contribution in [0.2, 0.25) is 0 Å². The lowest BCUT2D eigenvalue weighted by molar-refractivity contribution is -0.139. The van der Waals surface area contributed by atoms with Crippen LogP contribution < -0.4 is 5.73 Å². The predicted octanol–water partition coefficient (Wildman–Crippen LogP) is 0.831. The number of rotatable bonds is 5. The molecule has 1 fully saturated rings. The Morgan fingerprint density at radius 2 is 1.89 bits per heavy atom. The van der Waals surface area contributed by atoms with Crippen molar-refractivity contribution in [2.45, 2.75) is 45.1 Å². The van der Waals surface area contributed by atoms with Gasteiger partial charge >= 0.3 is 0 Å². The van der Waals surface area contributed by atoms with E-state index in [0.717, 1.165) is 32.1 Å². The van der Waals surface area contributed by atoms with Crippen molar-refractivity contribution in [1.29, 1.82) is 0 Å². The second kappa shape index (κ2) is 7.48. The van der Waals surface area contributed by atoms with E-state index in [2.05, 4.69) is 6.92 Å². The van der Waals surface area contributed by atoms with E-state index < -0.39 is 0 Å². The number of nitrogens with zero attached hydrogens (tertiary/aromatic N) is 2. The number of carbonyl (C=O) groups excluding carboxylic acids is 2. The minimum atomic E-state index is -0.374. The van der Waals surface area contributed by atoms with Crippen molar-refractivity contribution in [3.63, 3.8) is 0 Å². The summed E-state index contributed by atoms with van der Waals surface area (Å²) >= 11 is 0. The molecule has 0 unspecified atom stereocenters. The zero-order valence-electron chi connectivity index (χ0n) is 12.4. The second-order valence-electron chi connectivity index (χ2n) is 5.58. The van der Waals surface area contributed by atoms with Gasteiger partial charge in [-0.1, -0.05) is 19.8 Å². The number of hydrogen-bond donors (Lipinski definition) is 1. The summed E-state index contributed by atoms with van der Waals surface area (Å²) in [5, 5.41) is 0. The molecule has 0 spiro atoms. The van der Waals surface area contributed by atoms with Crippen LogP contribution >= 0.6 is 0 Å². The Balaban J connectivity index is 2.41. The van der Waals surface area contributed by atoms with Crippen LogP contribution in [0.5, 0.6) is 0 Å². The van der Waals surface area contributed by atoms with Crippen LogP contribution in [0.15, 0.2) is 0 Å². The highest BCUT2D eigenvalue weighted by Gasteiger charge is 2.29. The molecule has 19 heavy (non-hydrogen) atoms. The average molecular weight is 269 g/mol. The Kier molecular flexibility index (Phi) is 6.28. The fourth-order valence-electron chi connectivity index (χ4n) is 2.49. The summed E-state index contributed by atoms with van der Waals surface area (Å²) in [6, 6.07) is -0.374. The number of piperidine rings is 1. The van der Waals surface area contributed by atoms with Crippen LogP contribution in [-0.4, -0.2) is 54.8 Å². The molecule has 2 amide bonds. The van der Waals surface area contributed by atoms with Gasteiger partial charge in [-0.2, -0.15) is 0 Å². The molecule has 1 atom stereocenters. The van der Waals surface area contributed by atoms with E-state index in [4.69, 9.17) is 5.73 Å². The highest BCUT2D eigenvalue weighted by Crippen LogP contribution is 2.19. The third-order valence-corrected chi connectivity index (χ3v) is 3.78. The number of unbranched alkanes of at least 4 members (excludes halogenated alkanes) is 1. The lowest BCUT2D eigenvalue weighted by Crippen LogP contribution is -2.48. The fourth-order valence-corrected chi connectivity index (χ4v) is 2.49. The molecule has 1 saturated heterocycles. The summed E-state index contributed by atoms with van der Waals surface area (Å²) in [6.45, 7) is 3.40. The molecule has 0 radical (unpaired) electrons. The van der Waals surface area contributed by atoms with Gasteiger partial charge in [-0.3, -0.25) is 9.59 Å². The lowest BCUT2D eigenvalue weighted by Gasteiger charge is -2.33. The number of carbonyl (C=O) groups is 2. The third kappa shape index (κ3) is 4.49. The lowest BCUT2D eigenvalue weighted by atomic mass is 9.95. The van der Waals surface area contributed by atoms with Crippen LogP contribution in [0, 0.1) is 5.92 Å². The van der Waals surface area contributed by atoms with E-state index in [1.807, 2.05) is 4.90 Å². The maximum atomic E-state index is 12.1. The highest BCUT2D eigenvalue weighted by atomic mass is 16.2. The monoisotopic (exact) mass is 269 g/mol. The summed E-state index contributed by atoms with van der Waals surface area (Å²) in [5.41, 5.74) is 5.91. The second-order valence-corrected chi connectivity index (χ2v) is 5.58. The summed E-state index contributed by atoms with van der Waals surface area (Å²) in [4.78, 5) is 27.4. The van der Waals surface area contributed by atoms with Crippen LogP contribution in [0.3, 0.4) is 0 Å². The molecular formula is C14H27N3O2. The van der Waals surface area contributed by atoms with Gasteiger partial charge in [0, 0.05) is 33.1 Å². The summed E-state index contributed by atoms with van der Waals surface area (Å²) < 4.78 is 0. The molecule has 5 nitrogen and oxygen atoms in total. The van der Waals surface area contributed by atoms with E-state index in [1.54, 1.807) is 19.0 Å². The molecule has 0 bridgehead atoms. The summed E-state index contributed by atoms with van der Waals surface area (Å²) in [5.74, 6) is 0.275. The van der Waals surface area contributed by atoms with Crippen molar-refractivity contribution in [3.8, 4) is 0 Å². The molecule has 1 aliphatic heterocycles. The van der Waals surface area contributed by atoms with Crippen molar-refractivity contribution >= 4 is 11.8 Å². The zero-order valence-corrected chi connectivity index (χ0v) is 12.4. The number of amides is 2. The van der Waals surface area contributed by atoms with Crippen LogP contribution in [0.25, 0.3) is 0 Å². The van der Waals surface area contributed by atoms with E-state index >= 15 is 0 Å². The van der Waals surface area contributed by atoms with Crippen molar-refractivity contribution in [1.82, 2.24) is 9.80 Å². The molecule has 2 N–H and O–H groups in total. The van der Waals surface area contributed by atoms with Gasteiger partial charge in [-0.25, -0.2) is 0 Å². The van der Waals surface area contributed by atoms with Crippen LogP contribution in [0.4, 0.5) is 0 Å². The Morgan fingerprint density at radius 1 is 1.32 bits per heavy atom. The van der Waals surface area contributed by atoms with Gasteiger partial charge in [-0.15, -0.1) is 0 Å². The molecular weight excluding hydrogens is 242 g/mol. The van der Waals surface area contributed by atoms with E-state index in [1.165, 1.54) is 0 Å². The van der Waals surface area contributed by atoms with Crippen molar-refractivity contribution in [2.24, 2.45) is 11.7 Å². The quantitative estimate of drug-likeness (QED) is 0.804. The van der Waals surface area contributed by atoms with Gasteiger partial charge in [0.15, 0.2) is 0 Å². The van der Waals surface area contributed by atoms with Gasteiger partial charge in [0.05, 0.1) is 6.04 Å². The average Bonchev–Trinajstić information content (AvgIpc) is 2.43. The molecule has 0 aromatic rings. The first-order valence-corrected chi connectivity index (χ1v) is 7.22. The van der Waals surface area contributed by atoms with E-state index in [-0.39, 0.29) is 23.8 Å². The normalized spacial score (nSPS) is 18.2. The number of nitrogens with two attached hydrogens (primary N) is 1. The Morgan fingerprint density at radius 3 is 2.37 bits per heavy atom. The molecule has 5 heteroatoms. The van der Waals surface area contributed by atoms with Gasteiger partial charge in [-0.05, 0) is 19.3 Å². The van der Waals surface area contributed by atoms with Crippen molar-refractivity contribution in [2.75, 3.05) is 27.2 Å². The topological polar surface area (TPSA) is 66.6 Å². The van der Waals surface area contributed by atoms with Gasteiger partial charge in [0.25, 0.3) is 0 Å². The summed E-state index contributed by atoms with van der Waals surface area (Å²) in [6.07, 6.45) is 4.31. The van der Waals surface area contributed by atoms with Gasteiger partial charge < -0.3 is 15.5 Å². The molecule has 0 aliphatic carbocycles. The standard InChI is InChI=1S/C14H27N3O2/c1-4-5-6-12(15)14(19)17-9-7-11(8-10-17)13(18)16(2)3/h11-12H,4-10,15H2,1-3H3/t12-/m0/s1. The first-order valence-electron chi connectivity index (χ1n) is 7.22. The van der Waals surface area contributed by atoms with Gasteiger partial charge in [0.2, 0.25) is 11.8 Å². The first-order chi connectivity index (χ1) is 8.97. The smallest absolute Gasteiger partial charge is 0.239 e. The molecule has 0 aromatic carbocycles. The Labute approximate surface area is 116 Å². The third-order valence-electron chi connectivity index (χ3n) is 3.78. The first kappa shape index (κ1) is 16.0. The molecule has 0 aromatic heterocycles. The van der Waals surface area contributed by atoms with E-state index in [9.17, 15) is 9.59 Å². The maximum absolute atomic E-state index is 12.1. The Hall–Kier alpha value is -1.10. The molecule has 1 rings (SSSR count). The largest absolute Gasteiger partial charge is 0.349 e.